The van der Waals surface area contributed by atoms with Gasteiger partial charge in [0.05, 0.1) is 16.1 Å². The minimum atomic E-state index is -0.445. The molecule has 1 aliphatic heterocycles. The molecule has 1 aliphatic rings. The molecule has 0 saturated carbocycles. The Kier molecular flexibility index (Phi) is 3.42. The summed E-state index contributed by atoms with van der Waals surface area (Å²) in [7, 11) is 0. The van der Waals surface area contributed by atoms with Crippen LogP contribution in [0.1, 0.15) is 9.67 Å². The van der Waals surface area contributed by atoms with Crippen molar-refractivity contribution < 1.29 is 9.21 Å². The highest BCUT2D eigenvalue weighted by molar-refractivity contribution is 7.12. The molecule has 3 heterocycles. The molecule has 118 valence electrons. The van der Waals surface area contributed by atoms with Crippen molar-refractivity contribution in [3.63, 3.8) is 0 Å². The Morgan fingerprint density at radius 2 is 1.96 bits per heavy atom. The number of H-pyrrole nitrogens is 1. The van der Waals surface area contributed by atoms with Crippen LogP contribution in [0.2, 0.25) is 0 Å². The van der Waals surface area contributed by atoms with Gasteiger partial charge in [0.25, 0.3) is 5.91 Å². The van der Waals surface area contributed by atoms with E-state index < -0.39 is 5.76 Å². The number of piperazine rings is 1. The predicted molar refractivity (Wildman–Crippen MR) is 89.3 cm³/mol. The molecule has 2 aromatic heterocycles. The number of fused-ring (bicyclic) bond motifs is 1. The van der Waals surface area contributed by atoms with Crippen molar-refractivity contribution >= 4 is 34.0 Å². The van der Waals surface area contributed by atoms with Crippen LogP contribution in [0, 0.1) is 0 Å². The van der Waals surface area contributed by atoms with Gasteiger partial charge in [-0.25, -0.2) is 4.79 Å². The molecular formula is C16H15N3O3S. The van der Waals surface area contributed by atoms with Crippen molar-refractivity contribution in [2.24, 2.45) is 0 Å². The average Bonchev–Trinajstić information content (AvgIpc) is 3.22. The molecule has 1 saturated heterocycles. The van der Waals surface area contributed by atoms with Crippen molar-refractivity contribution in [3.8, 4) is 0 Å². The number of para-hydroxylation sites is 1. The first kappa shape index (κ1) is 14.1. The molecule has 6 nitrogen and oxygen atoms in total. The summed E-state index contributed by atoms with van der Waals surface area (Å²) in [6, 6.07) is 9.40. The molecule has 0 aliphatic carbocycles. The number of amides is 1. The smallest absolute Gasteiger partial charge is 0.406 e. The van der Waals surface area contributed by atoms with Crippen LogP contribution in [0.5, 0.6) is 0 Å². The van der Waals surface area contributed by atoms with Crippen LogP contribution in [0.4, 0.5) is 5.69 Å². The lowest BCUT2D eigenvalue weighted by molar-refractivity contribution is 0.0752. The van der Waals surface area contributed by atoms with E-state index in [9.17, 15) is 9.59 Å². The maximum atomic E-state index is 12.4. The van der Waals surface area contributed by atoms with Gasteiger partial charge in [-0.15, -0.1) is 11.3 Å². The van der Waals surface area contributed by atoms with Crippen LogP contribution in [0.15, 0.2) is 44.9 Å². The number of hydrogen-bond acceptors (Lipinski definition) is 5. The number of aromatic amines is 1. The second-order valence-electron chi connectivity index (χ2n) is 5.42. The maximum absolute atomic E-state index is 12.4. The molecule has 3 aromatic rings. The first-order valence-electron chi connectivity index (χ1n) is 7.42. The van der Waals surface area contributed by atoms with Crippen LogP contribution >= 0.6 is 11.3 Å². The fourth-order valence-corrected chi connectivity index (χ4v) is 3.61. The number of carbonyl (C=O) groups is 1. The van der Waals surface area contributed by atoms with Crippen molar-refractivity contribution in [1.82, 2.24) is 9.88 Å². The lowest BCUT2D eigenvalue weighted by Crippen LogP contribution is -2.48. The van der Waals surface area contributed by atoms with Crippen LogP contribution in [0.3, 0.4) is 0 Å². The Balaban J connectivity index is 1.53. The van der Waals surface area contributed by atoms with E-state index in [1.54, 1.807) is 0 Å². The molecule has 0 bridgehead atoms. The topological polar surface area (TPSA) is 69.6 Å². The number of nitrogens with zero attached hydrogens (tertiary/aromatic N) is 2. The van der Waals surface area contributed by atoms with Gasteiger partial charge in [-0.1, -0.05) is 12.1 Å². The van der Waals surface area contributed by atoms with Gasteiger partial charge in [-0.05, 0) is 23.6 Å². The van der Waals surface area contributed by atoms with Gasteiger partial charge < -0.3 is 14.2 Å². The maximum Gasteiger partial charge on any atom is 0.417 e. The van der Waals surface area contributed by atoms with E-state index in [0.717, 1.165) is 10.6 Å². The summed E-state index contributed by atoms with van der Waals surface area (Å²) in [5, 5.41) is 1.91. The highest BCUT2D eigenvalue weighted by atomic mass is 32.1. The third-order valence-corrected chi connectivity index (χ3v) is 4.92. The van der Waals surface area contributed by atoms with Gasteiger partial charge in [-0.2, -0.15) is 0 Å². The summed E-state index contributed by atoms with van der Waals surface area (Å²) in [6.07, 6.45) is 0. The van der Waals surface area contributed by atoms with Crippen LogP contribution in [-0.2, 0) is 0 Å². The van der Waals surface area contributed by atoms with Crippen molar-refractivity contribution in [2.45, 2.75) is 0 Å². The normalized spacial score (nSPS) is 15.3. The molecule has 23 heavy (non-hydrogen) atoms. The SMILES string of the molecule is O=C(c1cccs1)N1CCN(c2cccc3[nH]c(=O)oc23)CC1. The fraction of sp³-hybridized carbons (Fsp3) is 0.250. The molecular weight excluding hydrogens is 314 g/mol. The summed E-state index contributed by atoms with van der Waals surface area (Å²) in [5.41, 5.74) is 2.17. The van der Waals surface area contributed by atoms with Gasteiger partial charge in [0.2, 0.25) is 0 Å². The summed E-state index contributed by atoms with van der Waals surface area (Å²) >= 11 is 1.47. The van der Waals surface area contributed by atoms with E-state index in [1.165, 1.54) is 11.3 Å². The zero-order chi connectivity index (χ0) is 15.8. The number of aromatic nitrogens is 1. The number of benzene rings is 1. The second kappa shape index (κ2) is 5.58. The molecule has 7 heteroatoms. The standard InChI is InChI=1S/C16H15N3O3S/c20-15(13-5-2-10-23-13)19-8-6-18(7-9-19)12-4-1-3-11-14(12)22-16(21)17-11/h1-5,10H,6-9H2,(H,17,21). The highest BCUT2D eigenvalue weighted by Gasteiger charge is 2.24. The molecule has 1 fully saturated rings. The van der Waals surface area contributed by atoms with Gasteiger partial charge in [-0.3, -0.25) is 9.78 Å². The molecule has 0 unspecified atom stereocenters. The number of nitrogens with one attached hydrogen (secondary N) is 1. The zero-order valence-corrected chi connectivity index (χ0v) is 13.1. The highest BCUT2D eigenvalue weighted by Crippen LogP contribution is 2.26. The van der Waals surface area contributed by atoms with Gasteiger partial charge in [0.1, 0.15) is 0 Å². The predicted octanol–water partition coefficient (Wildman–Crippen LogP) is 2.14. The second-order valence-corrected chi connectivity index (χ2v) is 6.37. The third kappa shape index (κ3) is 2.53. The number of hydrogen-bond donors (Lipinski definition) is 1. The summed E-state index contributed by atoms with van der Waals surface area (Å²) < 4.78 is 5.25. The Labute approximate surface area is 135 Å². The number of oxazole rings is 1. The molecule has 1 N–H and O–H groups in total. The first-order valence-corrected chi connectivity index (χ1v) is 8.30. The Bertz CT molecular complexity index is 889. The third-order valence-electron chi connectivity index (χ3n) is 4.07. The Morgan fingerprint density at radius 3 is 2.70 bits per heavy atom. The number of anilines is 1. The van der Waals surface area contributed by atoms with E-state index >= 15 is 0 Å². The lowest BCUT2D eigenvalue weighted by atomic mass is 10.2. The number of thiophene rings is 1. The largest absolute Gasteiger partial charge is 0.417 e. The van der Waals surface area contributed by atoms with Gasteiger partial charge >= 0.3 is 5.76 Å². The molecule has 1 amide bonds. The molecule has 0 atom stereocenters. The summed E-state index contributed by atoms with van der Waals surface area (Å²) in [5.74, 6) is -0.356. The summed E-state index contributed by atoms with van der Waals surface area (Å²) in [6.45, 7) is 2.74. The molecule has 0 spiro atoms. The van der Waals surface area contributed by atoms with Crippen LogP contribution in [0.25, 0.3) is 11.1 Å². The number of carbonyl (C=O) groups excluding carboxylic acids is 1. The molecule has 1 aromatic carbocycles. The number of rotatable bonds is 2. The van der Waals surface area contributed by atoms with Crippen molar-refractivity contribution in [2.75, 3.05) is 31.1 Å². The van der Waals surface area contributed by atoms with E-state index in [1.807, 2.05) is 40.6 Å². The Morgan fingerprint density at radius 1 is 1.13 bits per heavy atom. The van der Waals surface area contributed by atoms with E-state index in [4.69, 9.17) is 4.42 Å². The van der Waals surface area contributed by atoms with Crippen molar-refractivity contribution in [1.29, 1.82) is 0 Å². The monoisotopic (exact) mass is 329 g/mol. The van der Waals surface area contributed by atoms with E-state index in [2.05, 4.69) is 9.88 Å². The van der Waals surface area contributed by atoms with Crippen LogP contribution < -0.4 is 10.7 Å². The average molecular weight is 329 g/mol. The van der Waals surface area contributed by atoms with Gasteiger partial charge in [0.15, 0.2) is 5.58 Å². The van der Waals surface area contributed by atoms with Crippen molar-refractivity contribution in [3.05, 3.63) is 51.1 Å². The quantitative estimate of drug-likeness (QED) is 0.782. The lowest BCUT2D eigenvalue weighted by Gasteiger charge is -2.35. The fourth-order valence-electron chi connectivity index (χ4n) is 2.91. The zero-order valence-electron chi connectivity index (χ0n) is 12.3. The summed E-state index contributed by atoms with van der Waals surface area (Å²) in [4.78, 5) is 31.2. The van der Waals surface area contributed by atoms with E-state index in [-0.39, 0.29) is 5.91 Å². The molecule has 0 radical (unpaired) electrons. The van der Waals surface area contributed by atoms with E-state index in [0.29, 0.717) is 37.3 Å². The first-order chi connectivity index (χ1) is 11.2. The molecule has 4 rings (SSSR count). The van der Waals surface area contributed by atoms with Crippen LogP contribution in [-0.4, -0.2) is 42.0 Å². The minimum Gasteiger partial charge on any atom is -0.406 e. The minimum absolute atomic E-state index is 0.0889. The Hall–Kier alpha value is -2.54. The van der Waals surface area contributed by atoms with Gasteiger partial charge in [0, 0.05) is 26.2 Å².